The lowest BCUT2D eigenvalue weighted by molar-refractivity contribution is -0.123. The van der Waals surface area contributed by atoms with Gasteiger partial charge < -0.3 is 9.84 Å². The molecule has 8 heteroatoms. The predicted molar refractivity (Wildman–Crippen MR) is 73.9 cm³/mol. The van der Waals surface area contributed by atoms with E-state index in [1.54, 1.807) is 6.92 Å². The molecule has 1 aromatic carbocycles. The zero-order valence-electron chi connectivity index (χ0n) is 10.9. The number of phenolic OH excluding ortho intramolecular Hbond substituents is 1. The second-order valence-corrected chi connectivity index (χ2v) is 4.49. The van der Waals surface area contributed by atoms with Crippen molar-refractivity contribution < 1.29 is 24.2 Å². The van der Waals surface area contributed by atoms with Crippen LogP contribution in [0.5, 0.6) is 11.5 Å². The second-order valence-electron chi connectivity index (χ2n) is 4.08. The van der Waals surface area contributed by atoms with E-state index < -0.39 is 17.8 Å². The summed E-state index contributed by atoms with van der Waals surface area (Å²) in [5.74, 6) is -1.73. The Morgan fingerprint density at radius 2 is 1.86 bits per heavy atom. The average Bonchev–Trinajstić information content (AvgIpc) is 2.39. The van der Waals surface area contributed by atoms with Crippen molar-refractivity contribution in [3.05, 3.63) is 28.3 Å². The number of imide groups is 2. The van der Waals surface area contributed by atoms with E-state index in [0.717, 1.165) is 0 Å². The molecule has 1 aromatic rings. The molecule has 0 aliphatic carbocycles. The molecule has 2 rings (SSSR count). The molecule has 110 valence electrons. The number of carbonyl (C=O) groups is 3. The van der Waals surface area contributed by atoms with Gasteiger partial charge in [-0.1, -0.05) is 11.6 Å². The Morgan fingerprint density at radius 3 is 2.43 bits per heavy atom. The Bertz CT molecular complexity index is 647. The number of benzene rings is 1. The molecule has 0 spiro atoms. The van der Waals surface area contributed by atoms with Gasteiger partial charge in [-0.2, -0.15) is 0 Å². The van der Waals surface area contributed by atoms with Crippen LogP contribution in [-0.4, -0.2) is 29.6 Å². The number of hydrogen-bond donors (Lipinski definition) is 3. The van der Waals surface area contributed by atoms with Crippen molar-refractivity contribution in [1.82, 2.24) is 10.6 Å². The van der Waals surface area contributed by atoms with E-state index in [-0.39, 0.29) is 22.1 Å². The number of amides is 4. The van der Waals surface area contributed by atoms with Crippen molar-refractivity contribution in [2.45, 2.75) is 6.92 Å². The van der Waals surface area contributed by atoms with Crippen molar-refractivity contribution in [3.63, 3.8) is 0 Å². The molecule has 1 fully saturated rings. The number of barbiturate groups is 1. The van der Waals surface area contributed by atoms with E-state index >= 15 is 0 Å². The number of ether oxygens (including phenoxy) is 1. The number of nitrogens with one attached hydrogen (secondary N) is 2. The maximum absolute atomic E-state index is 11.6. The van der Waals surface area contributed by atoms with Crippen LogP contribution in [0.1, 0.15) is 12.5 Å². The van der Waals surface area contributed by atoms with Gasteiger partial charge in [0.05, 0.1) is 11.6 Å². The van der Waals surface area contributed by atoms with Gasteiger partial charge in [0.2, 0.25) is 0 Å². The lowest BCUT2D eigenvalue weighted by Crippen LogP contribution is -2.51. The van der Waals surface area contributed by atoms with Crippen molar-refractivity contribution in [2.75, 3.05) is 6.61 Å². The highest BCUT2D eigenvalue weighted by Gasteiger charge is 2.27. The van der Waals surface area contributed by atoms with E-state index in [9.17, 15) is 19.5 Å². The van der Waals surface area contributed by atoms with Crippen LogP contribution in [0.4, 0.5) is 4.79 Å². The van der Waals surface area contributed by atoms with Gasteiger partial charge in [0.25, 0.3) is 11.8 Å². The van der Waals surface area contributed by atoms with Crippen LogP contribution in [0, 0.1) is 0 Å². The first-order valence-corrected chi connectivity index (χ1v) is 6.33. The molecule has 0 bridgehead atoms. The Morgan fingerprint density at radius 1 is 1.24 bits per heavy atom. The van der Waals surface area contributed by atoms with Crippen LogP contribution in [-0.2, 0) is 9.59 Å². The number of phenols is 1. The summed E-state index contributed by atoms with van der Waals surface area (Å²) in [5.41, 5.74) is 0.120. The highest BCUT2D eigenvalue weighted by Crippen LogP contribution is 2.35. The van der Waals surface area contributed by atoms with Gasteiger partial charge in [-0.05, 0) is 30.7 Å². The maximum atomic E-state index is 11.6. The molecule has 0 unspecified atom stereocenters. The van der Waals surface area contributed by atoms with E-state index in [1.807, 2.05) is 10.6 Å². The fraction of sp³-hybridized carbons (Fsp3) is 0.154. The predicted octanol–water partition coefficient (Wildman–Crippen LogP) is 1.19. The third-order valence-corrected chi connectivity index (χ3v) is 2.89. The number of aromatic hydroxyl groups is 1. The molecule has 3 N–H and O–H groups in total. The number of hydrogen-bond acceptors (Lipinski definition) is 5. The normalized spacial score (nSPS) is 14.6. The molecular weight excluding hydrogens is 300 g/mol. The minimum absolute atomic E-state index is 0.0144. The van der Waals surface area contributed by atoms with Gasteiger partial charge in [-0.15, -0.1) is 0 Å². The summed E-state index contributed by atoms with van der Waals surface area (Å²) in [6.45, 7) is 2.03. The third-order valence-electron chi connectivity index (χ3n) is 2.60. The summed E-state index contributed by atoms with van der Waals surface area (Å²) in [6, 6.07) is 1.92. The molecule has 1 aliphatic heterocycles. The zero-order chi connectivity index (χ0) is 15.6. The van der Waals surface area contributed by atoms with Crippen LogP contribution >= 0.6 is 11.6 Å². The molecule has 0 aromatic heterocycles. The maximum Gasteiger partial charge on any atom is 0.328 e. The number of carbonyl (C=O) groups excluding carboxylic acids is 3. The van der Waals surface area contributed by atoms with Crippen LogP contribution in [0.3, 0.4) is 0 Å². The van der Waals surface area contributed by atoms with Crippen LogP contribution < -0.4 is 15.4 Å². The largest absolute Gasteiger partial charge is 0.503 e. The fourth-order valence-electron chi connectivity index (χ4n) is 1.72. The van der Waals surface area contributed by atoms with Gasteiger partial charge in [0.1, 0.15) is 5.57 Å². The first kappa shape index (κ1) is 14.9. The van der Waals surface area contributed by atoms with E-state index in [1.165, 1.54) is 18.2 Å². The fourth-order valence-corrected chi connectivity index (χ4v) is 1.93. The molecule has 0 radical (unpaired) electrons. The quantitative estimate of drug-likeness (QED) is 0.574. The van der Waals surface area contributed by atoms with Gasteiger partial charge in [-0.25, -0.2) is 4.79 Å². The minimum Gasteiger partial charge on any atom is -0.503 e. The second kappa shape index (κ2) is 5.84. The monoisotopic (exact) mass is 310 g/mol. The van der Waals surface area contributed by atoms with Gasteiger partial charge in [0.15, 0.2) is 11.5 Å². The molecule has 1 heterocycles. The summed E-state index contributed by atoms with van der Waals surface area (Å²) < 4.78 is 5.20. The summed E-state index contributed by atoms with van der Waals surface area (Å²) in [6.07, 6.45) is 1.24. The first-order valence-electron chi connectivity index (χ1n) is 5.96. The number of rotatable bonds is 3. The molecular formula is C13H11ClN2O5. The van der Waals surface area contributed by atoms with Crippen LogP contribution in [0.15, 0.2) is 17.7 Å². The molecule has 4 amide bonds. The van der Waals surface area contributed by atoms with Crippen molar-refractivity contribution in [1.29, 1.82) is 0 Å². The summed E-state index contributed by atoms with van der Waals surface area (Å²) in [5, 5.41) is 13.6. The van der Waals surface area contributed by atoms with Gasteiger partial charge in [-0.3, -0.25) is 20.2 Å². The summed E-state index contributed by atoms with van der Waals surface area (Å²) in [7, 11) is 0. The molecule has 0 atom stereocenters. The minimum atomic E-state index is -0.874. The van der Waals surface area contributed by atoms with Crippen LogP contribution in [0.25, 0.3) is 6.08 Å². The first-order chi connectivity index (χ1) is 9.92. The molecule has 0 saturated carbocycles. The van der Waals surface area contributed by atoms with E-state index in [2.05, 4.69) is 0 Å². The van der Waals surface area contributed by atoms with Gasteiger partial charge in [0, 0.05) is 0 Å². The van der Waals surface area contributed by atoms with Crippen molar-refractivity contribution >= 4 is 35.5 Å². The Balaban J connectivity index is 2.42. The Hall–Kier alpha value is -2.54. The van der Waals surface area contributed by atoms with E-state index in [4.69, 9.17) is 16.3 Å². The average molecular weight is 311 g/mol. The molecule has 1 saturated heterocycles. The molecule has 1 aliphatic rings. The van der Waals surface area contributed by atoms with E-state index in [0.29, 0.717) is 12.2 Å². The number of halogens is 1. The summed E-state index contributed by atoms with van der Waals surface area (Å²) >= 11 is 5.85. The standard InChI is InChI=1S/C13H11ClN2O5/c1-2-21-9-5-6(4-8(14)10(9)17)3-7-11(18)15-13(20)16-12(7)19/h3-5,17H,2H2,1H3,(H2,15,16,18,19,20). The SMILES string of the molecule is CCOc1cc(C=C2C(=O)NC(=O)NC2=O)cc(Cl)c1O. The smallest absolute Gasteiger partial charge is 0.328 e. The van der Waals surface area contributed by atoms with Crippen molar-refractivity contribution in [3.8, 4) is 11.5 Å². The lowest BCUT2D eigenvalue weighted by Gasteiger charge is -2.14. The highest BCUT2D eigenvalue weighted by atomic mass is 35.5. The van der Waals surface area contributed by atoms with Crippen LogP contribution in [0.2, 0.25) is 5.02 Å². The summed E-state index contributed by atoms with van der Waals surface area (Å²) in [4.78, 5) is 34.2. The van der Waals surface area contributed by atoms with Gasteiger partial charge >= 0.3 is 6.03 Å². The molecule has 7 nitrogen and oxygen atoms in total. The lowest BCUT2D eigenvalue weighted by atomic mass is 10.1. The highest BCUT2D eigenvalue weighted by molar-refractivity contribution is 6.33. The Kier molecular flexibility index (Phi) is 4.13. The topological polar surface area (TPSA) is 105 Å². The van der Waals surface area contributed by atoms with Crippen molar-refractivity contribution in [2.24, 2.45) is 0 Å². The third kappa shape index (κ3) is 3.14. The zero-order valence-corrected chi connectivity index (χ0v) is 11.7. The Labute approximate surface area is 124 Å². The molecule has 21 heavy (non-hydrogen) atoms. The number of urea groups is 1.